The fourth-order valence-electron chi connectivity index (χ4n) is 2.90. The van der Waals surface area contributed by atoms with Gasteiger partial charge in [-0.2, -0.15) is 5.98 Å². The van der Waals surface area contributed by atoms with Crippen molar-refractivity contribution < 1.29 is 9.31 Å². The van der Waals surface area contributed by atoms with Crippen molar-refractivity contribution in [3.05, 3.63) is 23.7 Å². The number of rotatable bonds is 2. The Morgan fingerprint density at radius 3 is 2.69 bits per heavy atom. The van der Waals surface area contributed by atoms with Gasteiger partial charge in [-0.25, -0.2) is 0 Å². The summed E-state index contributed by atoms with van der Waals surface area (Å²) < 4.78 is 11.6. The molecule has 0 aromatic rings. The molecule has 0 unspecified atom stereocenters. The predicted octanol–water partition coefficient (Wildman–Crippen LogP) is 1.88. The van der Waals surface area contributed by atoms with Crippen LogP contribution in [0.25, 0.3) is 0 Å². The van der Waals surface area contributed by atoms with Crippen molar-refractivity contribution in [2.75, 3.05) is 26.3 Å². The lowest BCUT2D eigenvalue weighted by molar-refractivity contribution is 0.231. The first-order chi connectivity index (χ1) is 7.89. The summed E-state index contributed by atoms with van der Waals surface area (Å²) in [6.07, 6.45) is 9.67. The van der Waals surface area contributed by atoms with E-state index in [4.69, 9.17) is 9.31 Å². The van der Waals surface area contributed by atoms with Gasteiger partial charge in [-0.3, -0.25) is 0 Å². The second kappa shape index (κ2) is 4.36. The van der Waals surface area contributed by atoms with Crippen molar-refractivity contribution >= 4 is 6.69 Å². The summed E-state index contributed by atoms with van der Waals surface area (Å²) in [5, 5.41) is 0. The molecular weight excluding hydrogens is 201 g/mol. The predicted molar refractivity (Wildman–Crippen MR) is 64.9 cm³/mol. The highest BCUT2D eigenvalue weighted by Gasteiger charge is 2.39. The minimum Gasteiger partial charge on any atom is -0.551 e. The molecule has 1 aliphatic carbocycles. The van der Waals surface area contributed by atoms with Crippen molar-refractivity contribution in [2.24, 2.45) is 0 Å². The summed E-state index contributed by atoms with van der Waals surface area (Å²) in [5.74, 6) is 2.16. The van der Waals surface area contributed by atoms with Gasteiger partial charge >= 0.3 is 6.69 Å². The van der Waals surface area contributed by atoms with Crippen LogP contribution in [0.1, 0.15) is 25.7 Å². The number of allylic oxidation sites excluding steroid dienone is 3. The molecule has 0 radical (unpaired) electrons. The second-order valence-electron chi connectivity index (χ2n) is 4.89. The largest absolute Gasteiger partial charge is 0.551 e. The molecule has 0 spiro atoms. The molecule has 2 heterocycles. The van der Waals surface area contributed by atoms with Crippen LogP contribution in [-0.4, -0.2) is 37.8 Å². The third kappa shape index (κ3) is 1.86. The van der Waals surface area contributed by atoms with Crippen LogP contribution in [0.3, 0.4) is 0 Å². The Hall–Kier alpha value is -0.575. The molecule has 2 fully saturated rings. The van der Waals surface area contributed by atoms with Gasteiger partial charge in [0, 0.05) is 13.2 Å². The van der Waals surface area contributed by atoms with Crippen molar-refractivity contribution in [1.82, 2.24) is 4.81 Å². The first-order valence-corrected chi connectivity index (χ1v) is 6.45. The average molecular weight is 220 g/mol. The lowest BCUT2D eigenvalue weighted by Crippen LogP contribution is -2.45. The van der Waals surface area contributed by atoms with Gasteiger partial charge in [0.2, 0.25) is 0 Å². The zero-order valence-electron chi connectivity index (χ0n) is 9.73. The lowest BCUT2D eigenvalue weighted by Gasteiger charge is -2.33. The molecule has 0 aromatic carbocycles. The molecule has 0 saturated carbocycles. The Bertz CT molecular complexity index is 317. The second-order valence-corrected chi connectivity index (χ2v) is 4.89. The summed E-state index contributed by atoms with van der Waals surface area (Å²) in [5.41, 5.74) is 1.45. The Morgan fingerprint density at radius 2 is 2.00 bits per heavy atom. The van der Waals surface area contributed by atoms with Crippen molar-refractivity contribution in [2.45, 2.75) is 25.7 Å². The zero-order chi connectivity index (χ0) is 10.8. The fraction of sp³-hybridized carbons (Fsp3) is 0.667. The minimum atomic E-state index is -1.22. The van der Waals surface area contributed by atoms with Crippen LogP contribution in [-0.2, 0) is 9.31 Å². The third-order valence-corrected chi connectivity index (χ3v) is 3.86. The molecule has 0 amide bonds. The van der Waals surface area contributed by atoms with E-state index < -0.39 is 6.69 Å². The highest BCUT2D eigenvalue weighted by atomic mass is 16.6. The van der Waals surface area contributed by atoms with Gasteiger partial charge in [-0.05, 0) is 38.8 Å². The lowest BCUT2D eigenvalue weighted by atomic mass is 9.70. The van der Waals surface area contributed by atoms with Crippen molar-refractivity contribution in [3.8, 4) is 0 Å². The van der Waals surface area contributed by atoms with Crippen LogP contribution in [0.15, 0.2) is 23.7 Å². The van der Waals surface area contributed by atoms with E-state index in [1.54, 1.807) is 0 Å². The highest BCUT2D eigenvalue weighted by Crippen LogP contribution is 2.27. The molecule has 0 atom stereocenters. The third-order valence-electron chi connectivity index (χ3n) is 3.86. The molecule has 0 aromatic heterocycles. The average Bonchev–Trinajstić information content (AvgIpc) is 2.87. The standard InChI is InChI=1S/C12H19BNO2/c1-2-4-12(5-3-1)6-7-13-14(8-10-15-13)9-11-16-13/h4,6-7H,1-3,5,8-11H2/q-1/b7-6+. The molecule has 0 N–H and O–H groups in total. The summed E-state index contributed by atoms with van der Waals surface area (Å²) >= 11 is 0. The quantitative estimate of drug-likeness (QED) is 0.663. The molecule has 3 nitrogen and oxygen atoms in total. The van der Waals surface area contributed by atoms with Gasteiger partial charge in [-0.1, -0.05) is 17.7 Å². The van der Waals surface area contributed by atoms with E-state index in [0.717, 1.165) is 26.3 Å². The summed E-state index contributed by atoms with van der Waals surface area (Å²) in [6.45, 7) is 2.43. The summed E-state index contributed by atoms with van der Waals surface area (Å²) in [7, 11) is 0. The van der Waals surface area contributed by atoms with Gasteiger partial charge < -0.3 is 14.1 Å². The van der Waals surface area contributed by atoms with E-state index in [9.17, 15) is 0 Å². The Kier molecular flexibility index (Phi) is 2.88. The molecule has 2 saturated heterocycles. The molecule has 2 aliphatic heterocycles. The zero-order valence-corrected chi connectivity index (χ0v) is 9.73. The van der Waals surface area contributed by atoms with Gasteiger partial charge in [0.25, 0.3) is 0 Å². The van der Waals surface area contributed by atoms with Crippen LogP contribution in [0, 0.1) is 0 Å². The minimum absolute atomic E-state index is 0.809. The molecule has 3 rings (SSSR count). The van der Waals surface area contributed by atoms with Gasteiger partial charge in [0.1, 0.15) is 0 Å². The number of fused-ring (bicyclic) bond motifs is 1. The van der Waals surface area contributed by atoms with Crippen molar-refractivity contribution in [1.29, 1.82) is 0 Å². The monoisotopic (exact) mass is 220 g/mol. The number of hydrogen-bond donors (Lipinski definition) is 0. The molecule has 0 bridgehead atoms. The fourth-order valence-corrected chi connectivity index (χ4v) is 2.90. The van der Waals surface area contributed by atoms with Crippen LogP contribution < -0.4 is 0 Å². The summed E-state index contributed by atoms with van der Waals surface area (Å²) in [4.78, 5) is 2.33. The Balaban J connectivity index is 1.73. The maximum Gasteiger partial charge on any atom is 0.340 e. The SMILES string of the molecule is C1=C(/C=C/[B-]23OCCN2CCO3)CCCC1. The van der Waals surface area contributed by atoms with Crippen LogP contribution in [0.4, 0.5) is 0 Å². The van der Waals surface area contributed by atoms with E-state index in [2.05, 4.69) is 22.9 Å². The summed E-state index contributed by atoms with van der Waals surface area (Å²) in [6, 6.07) is 0. The number of nitrogens with zero attached hydrogens (tertiary/aromatic N) is 1. The van der Waals surface area contributed by atoms with E-state index in [0.29, 0.717) is 0 Å². The van der Waals surface area contributed by atoms with Crippen LogP contribution >= 0.6 is 0 Å². The van der Waals surface area contributed by atoms with Gasteiger partial charge in [-0.15, -0.1) is 0 Å². The maximum absolute atomic E-state index is 5.81. The normalized spacial score (nSPS) is 29.6. The van der Waals surface area contributed by atoms with E-state index >= 15 is 0 Å². The van der Waals surface area contributed by atoms with Crippen LogP contribution in [0.5, 0.6) is 0 Å². The van der Waals surface area contributed by atoms with E-state index in [1.807, 2.05) is 0 Å². The molecule has 3 aliphatic rings. The Morgan fingerprint density at radius 1 is 1.19 bits per heavy atom. The smallest absolute Gasteiger partial charge is 0.340 e. The topological polar surface area (TPSA) is 21.7 Å². The Labute approximate surface area is 97.1 Å². The highest BCUT2D eigenvalue weighted by molar-refractivity contribution is 6.71. The first-order valence-electron chi connectivity index (χ1n) is 6.45. The van der Waals surface area contributed by atoms with Gasteiger partial charge in [0.15, 0.2) is 0 Å². The van der Waals surface area contributed by atoms with Crippen LogP contribution in [0.2, 0.25) is 0 Å². The number of hydrogen-bond acceptors (Lipinski definition) is 3. The maximum atomic E-state index is 5.81. The first kappa shape index (κ1) is 10.6. The van der Waals surface area contributed by atoms with Gasteiger partial charge in [0.05, 0.1) is 0 Å². The van der Waals surface area contributed by atoms with E-state index in [-0.39, 0.29) is 0 Å². The molecule has 16 heavy (non-hydrogen) atoms. The molecular formula is C12H19BNO2-. The van der Waals surface area contributed by atoms with E-state index in [1.165, 1.54) is 31.3 Å². The molecule has 88 valence electrons. The molecule has 4 heteroatoms. The van der Waals surface area contributed by atoms with Crippen molar-refractivity contribution in [3.63, 3.8) is 0 Å².